The van der Waals surface area contributed by atoms with E-state index in [9.17, 15) is 13.2 Å². The van der Waals surface area contributed by atoms with Crippen LogP contribution in [0.4, 0.5) is 0 Å². The molecule has 0 amide bonds. The Kier molecular flexibility index (Phi) is 3.93. The Bertz CT molecular complexity index is 572. The molecule has 0 spiro atoms. The lowest BCUT2D eigenvalue weighted by Crippen LogP contribution is -2.26. The van der Waals surface area contributed by atoms with Gasteiger partial charge in [-0.2, -0.15) is 0 Å². The van der Waals surface area contributed by atoms with Gasteiger partial charge in [-0.15, -0.1) is 0 Å². The molecule has 7 nitrogen and oxygen atoms in total. The van der Waals surface area contributed by atoms with Crippen LogP contribution in [-0.2, 0) is 21.4 Å². The van der Waals surface area contributed by atoms with Gasteiger partial charge in [0.15, 0.2) is 0 Å². The lowest BCUT2D eigenvalue weighted by atomic mass is 10.4. The first kappa shape index (κ1) is 14.0. The molecule has 0 unspecified atom stereocenters. The second kappa shape index (κ2) is 5.32. The summed E-state index contributed by atoms with van der Waals surface area (Å²) in [5, 5.41) is 9.08. The van der Waals surface area contributed by atoms with Gasteiger partial charge in [0.05, 0.1) is 6.61 Å². The van der Waals surface area contributed by atoms with Gasteiger partial charge in [0.25, 0.3) is 10.0 Å². The molecule has 0 bridgehead atoms. The van der Waals surface area contributed by atoms with Crippen LogP contribution in [0.2, 0.25) is 0 Å². The largest absolute Gasteiger partial charge is 0.477 e. The minimum atomic E-state index is -3.77. The molecule has 1 N–H and O–H groups in total. The SMILES string of the molecule is CCCn1cc(S(=O)(=O)N2CCCO2)cc1C(=O)O. The van der Waals surface area contributed by atoms with Crippen LogP contribution in [0.3, 0.4) is 0 Å². The maximum absolute atomic E-state index is 12.2. The van der Waals surface area contributed by atoms with Crippen molar-refractivity contribution in [3.63, 3.8) is 0 Å². The zero-order chi connectivity index (χ0) is 14.0. The van der Waals surface area contributed by atoms with Crippen molar-refractivity contribution in [3.05, 3.63) is 18.0 Å². The van der Waals surface area contributed by atoms with Gasteiger partial charge in [-0.1, -0.05) is 11.4 Å². The Morgan fingerprint density at radius 3 is 2.79 bits per heavy atom. The average molecular weight is 288 g/mol. The number of aryl methyl sites for hydroxylation is 1. The van der Waals surface area contributed by atoms with E-state index in [1.165, 1.54) is 16.8 Å². The number of sulfonamides is 1. The molecule has 1 fully saturated rings. The topological polar surface area (TPSA) is 88.8 Å². The molecule has 2 heterocycles. The zero-order valence-corrected chi connectivity index (χ0v) is 11.4. The molecule has 0 aromatic carbocycles. The number of rotatable bonds is 5. The fourth-order valence-electron chi connectivity index (χ4n) is 1.96. The van der Waals surface area contributed by atoms with Gasteiger partial charge in [-0.25, -0.2) is 13.2 Å². The van der Waals surface area contributed by atoms with Gasteiger partial charge < -0.3 is 9.67 Å². The lowest BCUT2D eigenvalue weighted by molar-refractivity contribution is -0.0284. The van der Waals surface area contributed by atoms with Crippen LogP contribution in [0, 0.1) is 0 Å². The first-order valence-electron chi connectivity index (χ1n) is 6.06. The lowest BCUT2D eigenvalue weighted by Gasteiger charge is -2.12. The summed E-state index contributed by atoms with van der Waals surface area (Å²) in [5.74, 6) is -1.14. The minimum Gasteiger partial charge on any atom is -0.477 e. The predicted octanol–water partition coefficient (Wildman–Crippen LogP) is 0.922. The standard InChI is InChI=1S/C11H16N2O5S/c1-2-4-12-8-9(7-10(12)11(14)15)19(16,17)13-5-3-6-18-13/h7-8H,2-6H2,1H3,(H,14,15). The van der Waals surface area contributed by atoms with Gasteiger partial charge in [0.1, 0.15) is 10.6 Å². The number of aromatic nitrogens is 1. The molecule has 0 radical (unpaired) electrons. The molecule has 8 heteroatoms. The zero-order valence-electron chi connectivity index (χ0n) is 10.6. The summed E-state index contributed by atoms with van der Waals surface area (Å²) in [4.78, 5) is 16.1. The molecule has 0 atom stereocenters. The molecule has 1 saturated heterocycles. The molecule has 106 valence electrons. The third kappa shape index (κ3) is 2.65. The first-order valence-corrected chi connectivity index (χ1v) is 7.50. The Hall–Kier alpha value is -1.38. The van der Waals surface area contributed by atoms with E-state index < -0.39 is 16.0 Å². The molecule has 1 aromatic heterocycles. The summed E-state index contributed by atoms with van der Waals surface area (Å²) in [5.41, 5.74) is -0.0281. The Morgan fingerprint density at radius 1 is 1.53 bits per heavy atom. The number of carboxylic acid groups (broad SMARTS) is 1. The van der Waals surface area contributed by atoms with Crippen molar-refractivity contribution in [1.29, 1.82) is 0 Å². The molecule has 1 aliphatic rings. The fraction of sp³-hybridized carbons (Fsp3) is 0.545. The third-order valence-corrected chi connectivity index (χ3v) is 4.48. The van der Waals surface area contributed by atoms with Crippen molar-refractivity contribution in [3.8, 4) is 0 Å². The van der Waals surface area contributed by atoms with E-state index in [0.29, 0.717) is 32.5 Å². The fourth-order valence-corrected chi connectivity index (χ4v) is 3.30. The van der Waals surface area contributed by atoms with E-state index in [2.05, 4.69) is 0 Å². The van der Waals surface area contributed by atoms with Crippen LogP contribution in [-0.4, -0.2) is 41.7 Å². The third-order valence-electron chi connectivity index (χ3n) is 2.84. The monoisotopic (exact) mass is 288 g/mol. The Morgan fingerprint density at radius 2 is 2.26 bits per heavy atom. The first-order chi connectivity index (χ1) is 8.96. The van der Waals surface area contributed by atoms with Crippen molar-refractivity contribution < 1.29 is 23.2 Å². The molecule has 1 aromatic rings. The second-order valence-corrected chi connectivity index (χ2v) is 6.11. The number of hydrogen-bond donors (Lipinski definition) is 1. The van der Waals surface area contributed by atoms with Crippen molar-refractivity contribution in [2.75, 3.05) is 13.2 Å². The van der Waals surface area contributed by atoms with E-state index in [-0.39, 0.29) is 10.6 Å². The van der Waals surface area contributed by atoms with Crippen LogP contribution in [0.25, 0.3) is 0 Å². The van der Waals surface area contributed by atoms with Crippen LogP contribution in [0.1, 0.15) is 30.3 Å². The quantitative estimate of drug-likeness (QED) is 0.870. The summed E-state index contributed by atoms with van der Waals surface area (Å²) < 4.78 is 26.8. The average Bonchev–Trinajstić information content (AvgIpc) is 2.98. The maximum atomic E-state index is 12.2. The van der Waals surface area contributed by atoms with E-state index >= 15 is 0 Å². The van der Waals surface area contributed by atoms with Gasteiger partial charge in [0, 0.05) is 19.3 Å². The summed E-state index contributed by atoms with van der Waals surface area (Å²) >= 11 is 0. The summed E-state index contributed by atoms with van der Waals surface area (Å²) in [6, 6.07) is 1.18. The summed E-state index contributed by atoms with van der Waals surface area (Å²) in [6.07, 6.45) is 2.71. The van der Waals surface area contributed by atoms with Crippen LogP contribution in [0.5, 0.6) is 0 Å². The van der Waals surface area contributed by atoms with E-state index in [1.54, 1.807) is 0 Å². The molecule has 2 rings (SSSR count). The van der Waals surface area contributed by atoms with Crippen molar-refractivity contribution in [2.45, 2.75) is 31.2 Å². The molecular formula is C11H16N2O5S. The number of aromatic carboxylic acids is 1. The van der Waals surface area contributed by atoms with Crippen molar-refractivity contribution in [2.24, 2.45) is 0 Å². The Labute approximate surface area is 111 Å². The highest BCUT2D eigenvalue weighted by molar-refractivity contribution is 7.89. The normalized spacial score (nSPS) is 16.9. The van der Waals surface area contributed by atoms with Gasteiger partial charge >= 0.3 is 5.97 Å². The number of carbonyl (C=O) groups is 1. The van der Waals surface area contributed by atoms with Crippen LogP contribution in [0.15, 0.2) is 17.2 Å². The predicted molar refractivity (Wildman–Crippen MR) is 66.1 cm³/mol. The summed E-state index contributed by atoms with van der Waals surface area (Å²) in [7, 11) is -3.77. The van der Waals surface area contributed by atoms with Gasteiger partial charge in [-0.05, 0) is 18.9 Å². The number of hydroxylamine groups is 1. The molecule has 1 aliphatic heterocycles. The van der Waals surface area contributed by atoms with Crippen molar-refractivity contribution >= 4 is 16.0 Å². The smallest absolute Gasteiger partial charge is 0.352 e. The molecular weight excluding hydrogens is 272 g/mol. The highest BCUT2D eigenvalue weighted by atomic mass is 32.2. The molecule has 19 heavy (non-hydrogen) atoms. The number of carboxylic acids is 1. The number of hydrogen-bond acceptors (Lipinski definition) is 4. The maximum Gasteiger partial charge on any atom is 0.352 e. The highest BCUT2D eigenvalue weighted by Gasteiger charge is 2.31. The summed E-state index contributed by atoms with van der Waals surface area (Å²) in [6.45, 7) is 3.01. The van der Waals surface area contributed by atoms with E-state index in [4.69, 9.17) is 9.94 Å². The van der Waals surface area contributed by atoms with Crippen molar-refractivity contribution in [1.82, 2.24) is 9.04 Å². The highest BCUT2D eigenvalue weighted by Crippen LogP contribution is 2.22. The number of nitrogens with zero attached hydrogens (tertiary/aromatic N) is 2. The van der Waals surface area contributed by atoms with E-state index in [1.807, 2.05) is 6.92 Å². The van der Waals surface area contributed by atoms with Crippen LogP contribution < -0.4 is 0 Å². The molecule has 0 saturated carbocycles. The Balaban J connectivity index is 2.39. The van der Waals surface area contributed by atoms with Gasteiger partial charge in [-0.3, -0.25) is 4.84 Å². The van der Waals surface area contributed by atoms with Crippen LogP contribution >= 0.6 is 0 Å². The van der Waals surface area contributed by atoms with Gasteiger partial charge in [0.2, 0.25) is 0 Å². The second-order valence-electron chi connectivity index (χ2n) is 4.28. The van der Waals surface area contributed by atoms with E-state index in [0.717, 1.165) is 4.47 Å². The molecule has 0 aliphatic carbocycles. The minimum absolute atomic E-state index is 0.0281.